The fourth-order valence-electron chi connectivity index (χ4n) is 4.63. The van der Waals surface area contributed by atoms with Crippen molar-refractivity contribution in [1.82, 2.24) is 4.31 Å². The average molecular weight is 556 g/mol. The summed E-state index contributed by atoms with van der Waals surface area (Å²) in [6.07, 6.45) is 0.278. The molecule has 0 aliphatic carbocycles. The Morgan fingerprint density at radius 2 is 1.63 bits per heavy atom. The van der Waals surface area contributed by atoms with Gasteiger partial charge in [-0.2, -0.15) is 16.1 Å². The van der Waals surface area contributed by atoms with Crippen LogP contribution in [-0.4, -0.2) is 55.8 Å². The van der Waals surface area contributed by atoms with Crippen molar-refractivity contribution < 1.29 is 32.6 Å². The summed E-state index contributed by atoms with van der Waals surface area (Å²) in [6.45, 7) is -0.240. The number of hydrogen-bond donors (Lipinski definition) is 1. The SMILES string of the molecule is COC(=O)c1ccccc1S(=O)(=O)N1C[C@@H](C(=O)O)[C@H](SCc2ccccc2)C[C@H]1c1ccc(OC)cc1. The molecule has 1 aliphatic heterocycles. The minimum atomic E-state index is -4.29. The van der Waals surface area contributed by atoms with Crippen molar-refractivity contribution in [2.24, 2.45) is 5.92 Å². The van der Waals surface area contributed by atoms with Crippen molar-refractivity contribution >= 4 is 33.7 Å². The molecule has 0 spiro atoms. The molecule has 0 bridgehead atoms. The van der Waals surface area contributed by atoms with Gasteiger partial charge in [0.05, 0.1) is 36.6 Å². The summed E-state index contributed by atoms with van der Waals surface area (Å²) in [7, 11) is -1.56. The van der Waals surface area contributed by atoms with Gasteiger partial charge in [0.1, 0.15) is 5.75 Å². The van der Waals surface area contributed by atoms with Crippen LogP contribution in [0.15, 0.2) is 83.8 Å². The highest BCUT2D eigenvalue weighted by molar-refractivity contribution is 7.99. The number of aliphatic carboxylic acids is 1. The van der Waals surface area contributed by atoms with Gasteiger partial charge in [0.15, 0.2) is 0 Å². The third-order valence-corrected chi connectivity index (χ3v) is 10.0. The van der Waals surface area contributed by atoms with E-state index in [4.69, 9.17) is 9.47 Å². The predicted molar refractivity (Wildman–Crippen MR) is 145 cm³/mol. The van der Waals surface area contributed by atoms with E-state index in [1.165, 1.54) is 41.4 Å². The van der Waals surface area contributed by atoms with E-state index in [2.05, 4.69) is 0 Å². The summed E-state index contributed by atoms with van der Waals surface area (Å²) < 4.78 is 39.5. The minimum absolute atomic E-state index is 0.101. The lowest BCUT2D eigenvalue weighted by Gasteiger charge is -2.42. The number of ether oxygens (including phenoxy) is 2. The van der Waals surface area contributed by atoms with Crippen LogP contribution in [0.3, 0.4) is 0 Å². The van der Waals surface area contributed by atoms with Crippen LogP contribution < -0.4 is 4.74 Å². The summed E-state index contributed by atoms with van der Waals surface area (Å²) in [4.78, 5) is 24.6. The van der Waals surface area contributed by atoms with Crippen LogP contribution in [0, 0.1) is 5.92 Å². The molecule has 8 nitrogen and oxygen atoms in total. The number of carbonyl (C=O) groups is 2. The lowest BCUT2D eigenvalue weighted by atomic mass is 9.90. The predicted octanol–water partition coefficient (Wildman–Crippen LogP) is 4.62. The number of nitrogens with zero attached hydrogens (tertiary/aromatic N) is 1. The Labute approximate surface area is 226 Å². The van der Waals surface area contributed by atoms with Crippen LogP contribution in [0.5, 0.6) is 5.75 Å². The molecule has 1 N–H and O–H groups in total. The van der Waals surface area contributed by atoms with Crippen LogP contribution in [-0.2, 0) is 25.3 Å². The third kappa shape index (κ3) is 5.87. The molecule has 200 valence electrons. The summed E-state index contributed by atoms with van der Waals surface area (Å²) in [5.41, 5.74) is 1.67. The van der Waals surface area contributed by atoms with Gasteiger partial charge in [-0.15, -0.1) is 0 Å². The molecule has 1 fully saturated rings. The number of esters is 1. The van der Waals surface area contributed by atoms with Crippen LogP contribution in [0.25, 0.3) is 0 Å². The number of carbonyl (C=O) groups excluding carboxylic acids is 1. The molecule has 3 aromatic carbocycles. The molecule has 0 radical (unpaired) electrons. The highest BCUT2D eigenvalue weighted by Crippen LogP contribution is 2.43. The molecular formula is C28H29NO7S2. The number of hydrogen-bond acceptors (Lipinski definition) is 7. The van der Waals surface area contributed by atoms with Crippen LogP contribution in [0.1, 0.15) is 33.9 Å². The molecule has 1 saturated heterocycles. The zero-order valence-electron chi connectivity index (χ0n) is 21.0. The Bertz CT molecular complexity index is 1380. The van der Waals surface area contributed by atoms with Gasteiger partial charge >= 0.3 is 11.9 Å². The standard InChI is InChI=1S/C28H29NO7S2/c1-35-21-14-12-20(13-15-21)24-16-25(37-18-19-8-4-3-5-9-19)23(27(30)31)17-29(24)38(33,34)26-11-7-6-10-22(26)28(32)36-2/h3-15,23-25H,16-18H2,1-2H3,(H,30,31)/t23-,24+,25-/m1/s1. The smallest absolute Gasteiger partial charge is 0.339 e. The van der Waals surface area contributed by atoms with Gasteiger partial charge in [-0.25, -0.2) is 13.2 Å². The minimum Gasteiger partial charge on any atom is -0.497 e. The van der Waals surface area contributed by atoms with Gasteiger partial charge in [0, 0.05) is 17.5 Å². The van der Waals surface area contributed by atoms with Crippen molar-refractivity contribution in [2.75, 3.05) is 20.8 Å². The zero-order valence-corrected chi connectivity index (χ0v) is 22.7. The maximum atomic E-state index is 14.1. The molecule has 38 heavy (non-hydrogen) atoms. The highest BCUT2D eigenvalue weighted by Gasteiger charge is 2.46. The monoisotopic (exact) mass is 555 g/mol. The Kier molecular flexibility index (Phi) is 8.76. The highest BCUT2D eigenvalue weighted by atomic mass is 32.2. The van der Waals surface area contributed by atoms with Crippen molar-refractivity contribution in [1.29, 1.82) is 0 Å². The van der Waals surface area contributed by atoms with E-state index < -0.39 is 33.9 Å². The molecule has 3 atom stereocenters. The Morgan fingerprint density at radius 3 is 2.26 bits per heavy atom. The van der Waals surface area contributed by atoms with E-state index in [9.17, 15) is 23.1 Å². The number of sulfonamides is 1. The fraction of sp³-hybridized carbons (Fsp3) is 0.286. The normalized spacial score (nSPS) is 20.0. The largest absolute Gasteiger partial charge is 0.497 e. The summed E-state index contributed by atoms with van der Waals surface area (Å²) >= 11 is 1.51. The summed E-state index contributed by atoms with van der Waals surface area (Å²) in [5.74, 6) is -1.58. The number of methoxy groups -OCH3 is 2. The second-order valence-electron chi connectivity index (χ2n) is 8.87. The number of piperidine rings is 1. The maximum Gasteiger partial charge on any atom is 0.339 e. The first kappa shape index (κ1) is 27.7. The number of carboxylic acids is 1. The summed E-state index contributed by atoms with van der Waals surface area (Å²) in [5, 5.41) is 9.80. The first-order valence-corrected chi connectivity index (χ1v) is 14.5. The van der Waals surface area contributed by atoms with E-state index in [0.29, 0.717) is 17.1 Å². The molecule has 4 rings (SSSR count). The molecule has 1 aliphatic rings. The van der Waals surface area contributed by atoms with Crippen LogP contribution in [0.4, 0.5) is 0 Å². The molecule has 0 amide bonds. The first-order valence-electron chi connectivity index (χ1n) is 12.0. The molecule has 10 heteroatoms. The second-order valence-corrected chi connectivity index (χ2v) is 12.0. The lowest BCUT2D eigenvalue weighted by Crippen LogP contribution is -2.49. The van der Waals surface area contributed by atoms with E-state index in [1.54, 1.807) is 37.4 Å². The summed E-state index contributed by atoms with van der Waals surface area (Å²) in [6, 6.07) is 22.0. The topological polar surface area (TPSA) is 110 Å². The van der Waals surface area contributed by atoms with Gasteiger partial charge in [-0.3, -0.25) is 4.79 Å². The Balaban J connectivity index is 1.76. The van der Waals surface area contributed by atoms with E-state index in [0.717, 1.165) is 5.56 Å². The van der Waals surface area contributed by atoms with E-state index in [-0.39, 0.29) is 28.7 Å². The molecule has 0 unspecified atom stereocenters. The van der Waals surface area contributed by atoms with Gasteiger partial charge in [-0.1, -0.05) is 54.6 Å². The molecule has 0 aromatic heterocycles. The van der Waals surface area contributed by atoms with Crippen molar-refractivity contribution in [2.45, 2.75) is 28.4 Å². The quantitative estimate of drug-likeness (QED) is 0.381. The first-order chi connectivity index (χ1) is 18.3. The Hall–Kier alpha value is -3.34. The van der Waals surface area contributed by atoms with E-state index in [1.807, 2.05) is 30.3 Å². The van der Waals surface area contributed by atoms with Crippen molar-refractivity contribution in [3.05, 3.63) is 95.6 Å². The van der Waals surface area contributed by atoms with Gasteiger partial charge in [0.25, 0.3) is 0 Å². The molecule has 0 saturated carbocycles. The van der Waals surface area contributed by atoms with Crippen LogP contribution in [0.2, 0.25) is 0 Å². The molecule has 3 aromatic rings. The van der Waals surface area contributed by atoms with Gasteiger partial charge in [-0.05, 0) is 41.8 Å². The van der Waals surface area contributed by atoms with Crippen LogP contribution >= 0.6 is 11.8 Å². The van der Waals surface area contributed by atoms with Gasteiger partial charge in [0.2, 0.25) is 10.0 Å². The fourth-order valence-corrected chi connectivity index (χ4v) is 7.81. The number of benzene rings is 3. The molecule has 1 heterocycles. The third-order valence-electron chi connectivity index (χ3n) is 6.63. The Morgan fingerprint density at radius 1 is 0.974 bits per heavy atom. The number of thioether (sulfide) groups is 1. The van der Waals surface area contributed by atoms with E-state index >= 15 is 0 Å². The average Bonchev–Trinajstić information content (AvgIpc) is 2.95. The number of rotatable bonds is 9. The second kappa shape index (κ2) is 12.0. The maximum absolute atomic E-state index is 14.1. The van der Waals surface area contributed by atoms with Gasteiger partial charge < -0.3 is 14.6 Å². The zero-order chi connectivity index (χ0) is 27.3. The van der Waals surface area contributed by atoms with Crippen molar-refractivity contribution in [3.8, 4) is 5.75 Å². The lowest BCUT2D eigenvalue weighted by molar-refractivity contribution is -0.143. The molecular weight excluding hydrogens is 526 g/mol. The van der Waals surface area contributed by atoms with Crippen molar-refractivity contribution in [3.63, 3.8) is 0 Å². The number of carboxylic acid groups (broad SMARTS) is 1.